The molecule has 0 aliphatic rings. The highest BCUT2D eigenvalue weighted by Crippen LogP contribution is 2.47. The van der Waals surface area contributed by atoms with Gasteiger partial charge in [0.1, 0.15) is 22.7 Å². The van der Waals surface area contributed by atoms with E-state index >= 15 is 0 Å². The van der Waals surface area contributed by atoms with Crippen molar-refractivity contribution in [2.45, 2.75) is 0 Å². The Bertz CT molecular complexity index is 7280. The molecule has 0 amide bonds. The van der Waals surface area contributed by atoms with E-state index in [0.717, 1.165) is 0 Å². The Morgan fingerprint density at radius 1 is 0.138 bits per heavy atom. The van der Waals surface area contributed by atoms with Crippen LogP contribution in [0.15, 0.2) is 0 Å². The van der Waals surface area contributed by atoms with Gasteiger partial charge < -0.3 is 12.2 Å². The summed E-state index contributed by atoms with van der Waals surface area (Å²) in [4.78, 5) is 0. The largest absolute Gasteiger partial charge is 0.463 e. The fourth-order valence-corrected chi connectivity index (χ4v) is 714. The molecule has 0 radical (unpaired) electrons. The highest BCUT2D eigenvalue weighted by Gasteiger charge is 2.50. The molecule has 1 atom stereocenters. The summed E-state index contributed by atoms with van der Waals surface area (Å²) in [6.07, 6.45) is 0. The maximum absolute atomic E-state index is 6.21. The molecule has 0 aromatic carbocycles. The van der Waals surface area contributed by atoms with Crippen LogP contribution in [0.5, 0.6) is 0 Å². The van der Waals surface area contributed by atoms with Crippen molar-refractivity contribution < 1.29 is 0 Å². The molecule has 0 spiro atoms. The van der Waals surface area contributed by atoms with Crippen molar-refractivity contribution in [3.8, 4) is 0 Å². The van der Waals surface area contributed by atoms with Gasteiger partial charge in [-0.2, -0.15) is 0 Å². The van der Waals surface area contributed by atoms with E-state index in [-0.39, 0.29) is 0 Å². The van der Waals surface area contributed by atoms with E-state index in [1.165, 1.54) is 0 Å². The second-order valence-electron chi connectivity index (χ2n) is 12.5. The standard InChI is InChI=1S/HPS93/c2-1(3)65(4,5)67(9,10)69(13,14)71(17,18)73(21,22)75(25,26)77(29,30)79(33,34)81(37,38)83(41,42)85(45,46)87(49,50)89(53,54)91(57,58)93(61,62)94(63,64)92(59,60)90(55,56)88(51,52)86(47,48)84(43,44)82(39,40)80(35,36)78(31,32)76(27,28)74(23,24)72(19,20)70(15,16)68(11,12)66(6,7)8/h(H,6,7,8). The second kappa shape index (κ2) is 37.3. The number of hydrogen-bond acceptors (Lipinski definition) is 62. The van der Waals surface area contributed by atoms with Crippen molar-refractivity contribution in [2.75, 3.05) is 0 Å². The average molecular weight is 3010 g/mol. The molecule has 0 heterocycles. The Kier molecular flexibility index (Phi) is 47.2. The molecule has 0 saturated heterocycles. The quantitative estimate of drug-likeness (QED) is 0.0472. The Morgan fingerprint density at radius 3 is 0.266 bits per heavy atom. The van der Waals surface area contributed by atoms with Gasteiger partial charge in [-0.25, -0.2) is 0 Å². The minimum atomic E-state index is -4.18. The Morgan fingerprint density at radius 2 is 0.202 bits per heavy atom. The van der Waals surface area contributed by atoms with E-state index in [0.29, 0.717) is 0 Å². The maximum Gasteiger partial charge on any atom is 0.148 e. The third-order valence-corrected chi connectivity index (χ3v) is 603. The van der Waals surface area contributed by atoms with Gasteiger partial charge in [-0.3, -0.25) is 0 Å². The van der Waals surface area contributed by atoms with Crippen LogP contribution in [-0.2, 0) is 852 Å². The lowest BCUT2D eigenvalue weighted by Crippen LogP contribution is -2.41. The first kappa shape index (κ1) is 119. The van der Waals surface area contributed by atoms with Gasteiger partial charge in [-0.1, -0.05) is 11.7 Å². The lowest BCUT2D eigenvalue weighted by molar-refractivity contribution is 4.96. The van der Waals surface area contributed by atoms with Crippen LogP contribution in [-0.4, -0.2) is 0 Å². The van der Waals surface area contributed by atoms with Crippen LogP contribution in [0, 0.1) is 0 Å². The van der Waals surface area contributed by atoms with E-state index in [4.69, 9.17) is 695 Å². The third kappa shape index (κ3) is 18.4. The molecular formula is HPS93. The van der Waals surface area contributed by atoms with Gasteiger partial charge in [0, 0.05) is 168 Å². The van der Waals surface area contributed by atoms with E-state index in [1.807, 2.05) is 0 Å². The Balaban J connectivity index is 8.81. The Hall–Kier alpha value is 24.9. The average Bonchev–Trinajstić information content (AvgIpc) is 0.683. The molecule has 0 aliphatic carbocycles. The molecule has 0 aromatic heterocycles. The zero-order valence-corrected chi connectivity index (χ0v) is 115. The zero-order valence-electron chi connectivity index (χ0n) is 38.5. The first-order valence-electron chi connectivity index (χ1n) is 15.6. The van der Waals surface area contributed by atoms with E-state index in [9.17, 15) is 0 Å². The topological polar surface area (TPSA) is 0 Å². The maximum atomic E-state index is 6.21. The van der Waals surface area contributed by atoms with Gasteiger partial charge in [0.15, 0.2) is 0 Å². The molecule has 564 valence electrons. The fourth-order valence-electron chi connectivity index (χ4n) is 2.94. The van der Waals surface area contributed by atoms with Gasteiger partial charge in [-0.15, -0.1) is 0 Å². The van der Waals surface area contributed by atoms with Crippen LogP contribution >= 0.6 is 16.8 Å². The van der Waals surface area contributed by atoms with Gasteiger partial charge in [-0.05, 0) is 649 Å². The molecule has 94 heteroatoms. The van der Waals surface area contributed by atoms with Crippen molar-refractivity contribution in [1.29, 1.82) is 0 Å². The van der Waals surface area contributed by atoms with Crippen LogP contribution in [0.3, 0.4) is 0 Å². The first-order chi connectivity index (χ1) is 39.2. The minimum Gasteiger partial charge on any atom is -0.463 e. The number of thiol groups is 1. The molecule has 1 unspecified atom stereocenters. The summed E-state index contributed by atoms with van der Waals surface area (Å²) in [5.41, 5.74) is 0. The molecule has 0 aliphatic heterocycles. The van der Waals surface area contributed by atoms with E-state index < -0.39 is 162 Å². The Labute approximate surface area is 842 Å². The molecule has 0 saturated carbocycles. The van der Waals surface area contributed by atoms with Crippen molar-refractivity contribution in [1.82, 2.24) is 0 Å². The predicted molar refractivity (Wildman–Crippen MR) is 693 cm³/mol. The lowest BCUT2D eigenvalue weighted by atomic mass is 29.6. The van der Waals surface area contributed by atoms with Gasteiger partial charge in [0.05, 0.1) is 5.21 Å². The highest BCUT2D eigenvalue weighted by atomic mass is 34.5. The summed E-state index contributed by atoms with van der Waals surface area (Å²) in [6.45, 7) is 0. The molecular weight excluding hydrogens is 3010 g/mol. The van der Waals surface area contributed by atoms with Crippen molar-refractivity contribution >= 4 is 869 Å². The molecule has 0 N–H and O–H groups in total. The highest BCUT2D eigenvalue weighted by molar-refractivity contribution is 9.83. The SMILES string of the molecule is S=[P+]([S-])S(=S)(=S)S(=S)(=S)S(=S)(=S)S(=S)(=S)S(=S)(=S)S(=S)(=S)S(=S)(=S)S(=S)(=S)S(=S)(=S)S(=S)(=S)S(=S)(=S)S(=S)(=S)S(=S)(=S)S(=S)(=S)S(=S)(=S)S(=S)(=S)S(=S)(=S)S(=S)(=S)S(=S)(=S)S(=S)(=S)S(=S)(=S)S(=S)(=S)S(=S)(=S)S(=S)(=S)S(=S)(=S)S(=S)(=S)S(=S)(=S)S(=S)(=S)S(=S)(=S)S(=S)(=S)S. The summed E-state index contributed by atoms with van der Waals surface area (Å²) in [7, 11) is 0. The lowest BCUT2D eigenvalue weighted by Gasteiger charge is -2.37. The minimum absolute atomic E-state index is 2.02. The molecule has 0 fully saturated rings. The summed E-state index contributed by atoms with van der Waals surface area (Å²) in [6, 6.07) is 0. The van der Waals surface area contributed by atoms with E-state index in [1.54, 1.807) is 0 Å². The molecule has 94 heavy (non-hydrogen) atoms. The van der Waals surface area contributed by atoms with E-state index in [2.05, 4.69) is 11.7 Å². The predicted octanol–water partition coefficient (Wildman–Crippen LogP) is 1.02. The smallest absolute Gasteiger partial charge is 0.148 e. The van der Waals surface area contributed by atoms with Crippen LogP contribution in [0.2, 0.25) is 0 Å². The van der Waals surface area contributed by atoms with Crippen molar-refractivity contribution in [3.63, 3.8) is 0 Å². The molecule has 0 nitrogen and oxygen atoms in total. The summed E-state index contributed by atoms with van der Waals surface area (Å²) >= 11 is 378. The summed E-state index contributed by atoms with van der Waals surface area (Å²) in [5.74, 6) is -3.11. The van der Waals surface area contributed by atoms with Gasteiger partial charge >= 0.3 is 0 Å². The monoisotopic (exact) mass is 3010 g/mol. The molecule has 0 aromatic rings. The summed E-state index contributed by atoms with van der Waals surface area (Å²) in [5, 5.41) is -116. The fraction of sp³-hybridized carbons (Fsp3) is 0. The van der Waals surface area contributed by atoms with Crippen LogP contribution in [0.4, 0.5) is 0 Å². The van der Waals surface area contributed by atoms with Gasteiger partial charge in [0.2, 0.25) is 0 Å². The van der Waals surface area contributed by atoms with Crippen LogP contribution in [0.1, 0.15) is 0 Å². The zero-order chi connectivity index (χ0) is 78.6. The molecule has 0 bridgehead atoms. The summed E-state index contributed by atoms with van der Waals surface area (Å²) < 4.78 is 0. The second-order valence-corrected chi connectivity index (χ2v) is 338. The van der Waals surface area contributed by atoms with Crippen LogP contribution in [0.25, 0.3) is 0 Å². The van der Waals surface area contributed by atoms with Gasteiger partial charge in [0.25, 0.3) is 0 Å². The number of hydrogen-bond donors (Lipinski definition) is 1. The molecule has 0 rings (SSSR count). The number of rotatable bonds is 30. The van der Waals surface area contributed by atoms with Crippen molar-refractivity contribution in [3.05, 3.63) is 0 Å². The normalized spacial score (nSPS) is 17.1. The van der Waals surface area contributed by atoms with Crippen molar-refractivity contribution in [2.24, 2.45) is 0 Å². The third-order valence-electron chi connectivity index (χ3n) is 7.45. The van der Waals surface area contributed by atoms with Crippen LogP contribution < -0.4 is 0 Å². The first-order valence-corrected chi connectivity index (χ1v) is 140.